The van der Waals surface area contributed by atoms with Crippen LogP contribution in [-0.2, 0) is 14.3 Å². The Hall–Kier alpha value is -4.16. The molecule has 13 heteroatoms. The van der Waals surface area contributed by atoms with Gasteiger partial charge < -0.3 is 30.1 Å². The van der Waals surface area contributed by atoms with Crippen molar-refractivity contribution in [3.05, 3.63) is 45.5 Å². The normalized spacial score (nSPS) is 12.7. The van der Waals surface area contributed by atoms with Gasteiger partial charge in [0.05, 0.1) is 4.92 Å². The highest BCUT2D eigenvalue weighted by Crippen LogP contribution is 2.24. The molecule has 0 spiro atoms. The zero-order valence-corrected chi connectivity index (χ0v) is 26.0. The molecule has 0 radical (unpaired) electrons. The second-order valence-corrected chi connectivity index (χ2v) is 11.2. The number of rotatable bonds is 17. The van der Waals surface area contributed by atoms with E-state index in [0.29, 0.717) is 5.56 Å². The fourth-order valence-electron chi connectivity index (χ4n) is 4.17. The highest BCUT2D eigenvalue weighted by Gasteiger charge is 2.28. The Morgan fingerprint density at radius 1 is 1.09 bits per heavy atom. The minimum absolute atomic E-state index is 0.0317. The lowest BCUT2D eigenvalue weighted by Crippen LogP contribution is -2.46. The maximum atomic E-state index is 13.6. The molecule has 0 saturated carbocycles. The van der Waals surface area contributed by atoms with Gasteiger partial charge in [0.25, 0.3) is 5.69 Å². The fraction of sp³-hybridized carbons (Fsp3) is 0.600. The number of carboxylic acids is 1. The predicted octanol–water partition coefficient (Wildman–Crippen LogP) is 5.24. The molecule has 0 saturated heterocycles. The highest BCUT2D eigenvalue weighted by atomic mass is 16.6. The third-order valence-electron chi connectivity index (χ3n) is 6.60. The number of aromatic carboxylic acids is 1. The van der Waals surface area contributed by atoms with Gasteiger partial charge in [-0.15, -0.1) is 0 Å². The third kappa shape index (κ3) is 14.0. The molecule has 0 heterocycles. The van der Waals surface area contributed by atoms with Crippen LogP contribution in [0.3, 0.4) is 0 Å². The van der Waals surface area contributed by atoms with E-state index in [1.165, 1.54) is 18.2 Å². The lowest BCUT2D eigenvalue weighted by Gasteiger charge is -2.30. The number of amides is 3. The van der Waals surface area contributed by atoms with E-state index in [2.05, 4.69) is 24.5 Å². The van der Waals surface area contributed by atoms with Crippen molar-refractivity contribution in [2.24, 2.45) is 11.8 Å². The summed E-state index contributed by atoms with van der Waals surface area (Å²) in [5, 5.41) is 25.5. The second-order valence-electron chi connectivity index (χ2n) is 11.2. The molecule has 0 aliphatic carbocycles. The van der Waals surface area contributed by atoms with Gasteiger partial charge in [-0.2, -0.15) is 0 Å². The van der Waals surface area contributed by atoms with Gasteiger partial charge in [-0.3, -0.25) is 14.9 Å². The first kappa shape index (κ1) is 36.9. The van der Waals surface area contributed by atoms with Crippen molar-refractivity contribution in [3.8, 4) is 0 Å². The number of nitro groups is 1. The summed E-state index contributed by atoms with van der Waals surface area (Å²) in [7, 11) is 0. The van der Waals surface area contributed by atoms with E-state index in [1.54, 1.807) is 25.7 Å². The summed E-state index contributed by atoms with van der Waals surface area (Å²) < 4.78 is 10.4. The van der Waals surface area contributed by atoms with Crippen molar-refractivity contribution < 1.29 is 38.7 Å². The number of carbonyl (C=O) groups is 4. The average molecular weight is 607 g/mol. The molecule has 1 aromatic rings. The van der Waals surface area contributed by atoms with E-state index in [4.69, 9.17) is 9.47 Å². The summed E-state index contributed by atoms with van der Waals surface area (Å²) >= 11 is 0. The number of hydrogen-bond acceptors (Lipinski definition) is 8. The van der Waals surface area contributed by atoms with Crippen molar-refractivity contribution in [2.45, 2.75) is 72.8 Å². The minimum atomic E-state index is -1.42. The molecule has 2 atom stereocenters. The van der Waals surface area contributed by atoms with Gasteiger partial charge in [0.1, 0.15) is 17.8 Å². The van der Waals surface area contributed by atoms with Crippen molar-refractivity contribution >= 4 is 35.8 Å². The van der Waals surface area contributed by atoms with Crippen LogP contribution in [0.15, 0.2) is 24.3 Å². The number of carboxylic acid groups (broad SMARTS) is 1. The molecule has 1 aromatic carbocycles. The van der Waals surface area contributed by atoms with E-state index in [1.807, 2.05) is 6.92 Å². The van der Waals surface area contributed by atoms with Crippen LogP contribution in [0.4, 0.5) is 15.3 Å². The Balaban J connectivity index is 2.75. The van der Waals surface area contributed by atoms with Gasteiger partial charge in [-0.05, 0) is 56.9 Å². The van der Waals surface area contributed by atoms with Gasteiger partial charge in [0, 0.05) is 38.2 Å². The number of hydrogen-bond donors (Lipinski definition) is 3. The van der Waals surface area contributed by atoms with E-state index in [0.717, 1.165) is 37.8 Å². The van der Waals surface area contributed by atoms with Crippen LogP contribution in [0.1, 0.15) is 83.1 Å². The van der Waals surface area contributed by atoms with E-state index in [-0.39, 0.29) is 50.5 Å². The number of ether oxygens (including phenoxy) is 2. The first-order valence-corrected chi connectivity index (χ1v) is 14.5. The maximum absolute atomic E-state index is 13.6. The SMILES string of the molecule is CCCCC(C(=O)N(CCNC(=O)OC/C=C/c1ccc([N+](=O)[O-])c(C(=O)O)c1)CCNC(=O)OC(C)(C)C)C(C)CC. The Labute approximate surface area is 253 Å². The Morgan fingerprint density at radius 3 is 2.26 bits per heavy atom. The molecule has 0 aromatic heterocycles. The largest absolute Gasteiger partial charge is 0.477 e. The monoisotopic (exact) mass is 606 g/mol. The van der Waals surface area contributed by atoms with Gasteiger partial charge in [-0.1, -0.05) is 46.1 Å². The predicted molar refractivity (Wildman–Crippen MR) is 162 cm³/mol. The number of benzene rings is 1. The van der Waals surface area contributed by atoms with Crippen LogP contribution in [0, 0.1) is 22.0 Å². The van der Waals surface area contributed by atoms with Crippen molar-refractivity contribution in [3.63, 3.8) is 0 Å². The number of alkyl carbamates (subject to hydrolysis) is 2. The Morgan fingerprint density at radius 2 is 1.72 bits per heavy atom. The smallest absolute Gasteiger partial charge is 0.407 e. The van der Waals surface area contributed by atoms with E-state index in [9.17, 15) is 34.4 Å². The lowest BCUT2D eigenvalue weighted by molar-refractivity contribution is -0.385. The number of nitrogens with zero attached hydrogens (tertiary/aromatic N) is 2. The molecule has 2 unspecified atom stereocenters. The van der Waals surface area contributed by atoms with Crippen LogP contribution < -0.4 is 10.6 Å². The van der Waals surface area contributed by atoms with Gasteiger partial charge in [0.2, 0.25) is 5.91 Å². The number of unbranched alkanes of at least 4 members (excludes halogenated alkanes) is 1. The summed E-state index contributed by atoms with van der Waals surface area (Å²) in [5.41, 5.74) is -1.23. The van der Waals surface area contributed by atoms with Gasteiger partial charge in [-0.25, -0.2) is 14.4 Å². The fourth-order valence-corrected chi connectivity index (χ4v) is 4.17. The highest BCUT2D eigenvalue weighted by molar-refractivity contribution is 5.93. The van der Waals surface area contributed by atoms with E-state index < -0.39 is 39.9 Å². The van der Waals surface area contributed by atoms with Crippen molar-refractivity contribution in [1.29, 1.82) is 0 Å². The quantitative estimate of drug-likeness (QED) is 0.158. The molecule has 13 nitrogen and oxygen atoms in total. The van der Waals surface area contributed by atoms with Crippen LogP contribution in [-0.4, -0.2) is 77.4 Å². The summed E-state index contributed by atoms with van der Waals surface area (Å²) in [6.07, 6.45) is 5.13. The Bertz CT molecular complexity index is 1130. The first-order chi connectivity index (χ1) is 20.2. The zero-order valence-electron chi connectivity index (χ0n) is 26.0. The molecule has 0 fully saturated rings. The average Bonchev–Trinajstić information content (AvgIpc) is 2.93. The standard InChI is InChI=1S/C30H46N4O9/c1-7-9-12-23(21(3)8-2)26(35)33(18-16-32-29(39)43-30(4,5)6)17-15-31-28(38)42-19-10-11-22-13-14-25(34(40)41)24(20-22)27(36)37/h10-11,13-14,20-21,23H,7-9,12,15-19H2,1-6H3,(H,31,38)(H,32,39)(H,36,37)/b11-10+. The molecular formula is C30H46N4O9. The number of carbonyl (C=O) groups excluding carboxylic acids is 3. The first-order valence-electron chi connectivity index (χ1n) is 14.5. The maximum Gasteiger partial charge on any atom is 0.407 e. The molecule has 43 heavy (non-hydrogen) atoms. The summed E-state index contributed by atoms with van der Waals surface area (Å²) in [6, 6.07) is 3.64. The van der Waals surface area contributed by atoms with Crippen molar-refractivity contribution in [1.82, 2.24) is 15.5 Å². The molecule has 0 bridgehead atoms. The summed E-state index contributed by atoms with van der Waals surface area (Å²) in [6.45, 7) is 12.1. The minimum Gasteiger partial charge on any atom is -0.477 e. The topological polar surface area (TPSA) is 177 Å². The molecule has 3 N–H and O–H groups in total. The number of nitro benzene ring substituents is 1. The molecule has 3 amide bonds. The van der Waals surface area contributed by atoms with Crippen LogP contribution in [0.5, 0.6) is 0 Å². The van der Waals surface area contributed by atoms with E-state index >= 15 is 0 Å². The third-order valence-corrected chi connectivity index (χ3v) is 6.60. The molecular weight excluding hydrogens is 560 g/mol. The second kappa shape index (κ2) is 18.4. The van der Waals surface area contributed by atoms with Crippen LogP contribution in [0.2, 0.25) is 0 Å². The molecule has 0 aliphatic rings. The zero-order chi connectivity index (χ0) is 32.6. The molecule has 240 valence electrons. The molecule has 0 aliphatic heterocycles. The van der Waals surface area contributed by atoms with Gasteiger partial charge >= 0.3 is 18.2 Å². The molecule has 1 rings (SSSR count). The summed E-state index contributed by atoms with van der Waals surface area (Å²) in [4.78, 5) is 61.0. The van der Waals surface area contributed by atoms with Gasteiger partial charge in [0.15, 0.2) is 0 Å². The lowest BCUT2D eigenvalue weighted by atomic mass is 9.86. The summed E-state index contributed by atoms with van der Waals surface area (Å²) in [5.74, 6) is -1.46. The number of nitrogens with one attached hydrogen (secondary N) is 2. The van der Waals surface area contributed by atoms with Crippen molar-refractivity contribution in [2.75, 3.05) is 32.8 Å². The Kier molecular flexibility index (Phi) is 15.8. The van der Waals surface area contributed by atoms with Crippen LogP contribution >= 0.6 is 0 Å². The van der Waals surface area contributed by atoms with Crippen LogP contribution in [0.25, 0.3) is 6.08 Å².